The minimum Gasteiger partial charge on any atom is -0.399 e. The van der Waals surface area contributed by atoms with Gasteiger partial charge in [-0.3, -0.25) is 0 Å². The Hall–Kier alpha value is -0.670. The van der Waals surface area contributed by atoms with Crippen molar-refractivity contribution in [2.75, 3.05) is 12.3 Å². The number of nitrogens with two attached hydrogens (primary N) is 1. The number of nitrogen functional groups attached to an aromatic ring is 1. The van der Waals surface area contributed by atoms with E-state index < -0.39 is 0 Å². The molecule has 0 saturated heterocycles. The lowest BCUT2D eigenvalue weighted by Gasteiger charge is -1.89. The van der Waals surface area contributed by atoms with Crippen molar-refractivity contribution in [3.63, 3.8) is 0 Å². The fourth-order valence-corrected chi connectivity index (χ4v) is 0.623. The average Bonchev–Trinajstić information content (AvgIpc) is 1.97. The summed E-state index contributed by atoms with van der Waals surface area (Å²) in [5.41, 5.74) is 6.17. The van der Waals surface area contributed by atoms with Crippen LogP contribution < -0.4 is 5.73 Å². The molecule has 0 saturated carbocycles. The van der Waals surface area contributed by atoms with E-state index in [1.54, 1.807) is 6.92 Å². The summed E-state index contributed by atoms with van der Waals surface area (Å²) in [5.74, 6) is 0. The lowest BCUT2D eigenvalue weighted by Crippen LogP contribution is -1.80. The smallest absolute Gasteiger partial charge is 0.0402 e. The fraction of sp³-hybridized carbons (Fsp3) is 0.250. The SMILES string of the molecule is CCO.Nc1ccc(S)cc1. The summed E-state index contributed by atoms with van der Waals surface area (Å²) in [5, 5.41) is 7.57. The summed E-state index contributed by atoms with van der Waals surface area (Å²) in [6.45, 7) is 1.93. The van der Waals surface area contributed by atoms with Crippen molar-refractivity contribution >= 4 is 18.3 Å². The van der Waals surface area contributed by atoms with E-state index in [1.165, 1.54) is 0 Å². The predicted octanol–water partition coefficient (Wildman–Crippen LogP) is 1.56. The minimum absolute atomic E-state index is 0.250. The number of rotatable bonds is 0. The van der Waals surface area contributed by atoms with Gasteiger partial charge in [0.15, 0.2) is 0 Å². The molecule has 0 aliphatic carbocycles. The number of aliphatic hydroxyl groups is 1. The lowest BCUT2D eigenvalue weighted by atomic mass is 10.3. The first-order valence-corrected chi connectivity index (χ1v) is 3.80. The maximum absolute atomic E-state index is 7.57. The normalized spacial score (nSPS) is 8.27. The molecular weight excluding hydrogens is 158 g/mol. The van der Waals surface area contributed by atoms with Crippen LogP contribution in [0.25, 0.3) is 0 Å². The van der Waals surface area contributed by atoms with E-state index in [4.69, 9.17) is 10.8 Å². The number of hydrogen-bond acceptors (Lipinski definition) is 3. The van der Waals surface area contributed by atoms with E-state index in [9.17, 15) is 0 Å². The molecule has 1 aromatic rings. The monoisotopic (exact) mass is 171 g/mol. The Morgan fingerprint density at radius 2 is 1.73 bits per heavy atom. The van der Waals surface area contributed by atoms with Gasteiger partial charge in [0.25, 0.3) is 0 Å². The highest BCUT2D eigenvalue weighted by atomic mass is 32.1. The summed E-state index contributed by atoms with van der Waals surface area (Å²) in [4.78, 5) is 0.944. The highest BCUT2D eigenvalue weighted by Crippen LogP contribution is 2.07. The quantitative estimate of drug-likeness (QED) is 0.410. The number of hydrogen-bond donors (Lipinski definition) is 3. The third-order valence-corrected chi connectivity index (χ3v) is 1.19. The molecule has 1 rings (SSSR count). The van der Waals surface area contributed by atoms with Crippen molar-refractivity contribution < 1.29 is 5.11 Å². The summed E-state index contributed by atoms with van der Waals surface area (Å²) < 4.78 is 0. The maximum Gasteiger partial charge on any atom is 0.0402 e. The average molecular weight is 171 g/mol. The van der Waals surface area contributed by atoms with E-state index in [-0.39, 0.29) is 6.61 Å². The lowest BCUT2D eigenvalue weighted by molar-refractivity contribution is 0.318. The van der Waals surface area contributed by atoms with E-state index in [0.717, 1.165) is 10.6 Å². The number of thiol groups is 1. The van der Waals surface area contributed by atoms with Crippen molar-refractivity contribution in [1.82, 2.24) is 0 Å². The van der Waals surface area contributed by atoms with Gasteiger partial charge in [0, 0.05) is 17.2 Å². The third-order valence-electron chi connectivity index (χ3n) is 0.893. The zero-order valence-electron chi connectivity index (χ0n) is 6.49. The number of aliphatic hydroxyl groups excluding tert-OH is 1. The van der Waals surface area contributed by atoms with Gasteiger partial charge >= 0.3 is 0 Å². The molecule has 0 amide bonds. The second kappa shape index (κ2) is 6.07. The van der Waals surface area contributed by atoms with Crippen LogP contribution in [0.3, 0.4) is 0 Å². The first-order chi connectivity index (χ1) is 5.20. The Morgan fingerprint density at radius 3 is 2.00 bits per heavy atom. The summed E-state index contributed by atoms with van der Waals surface area (Å²) in [6, 6.07) is 7.36. The first-order valence-electron chi connectivity index (χ1n) is 3.36. The zero-order valence-corrected chi connectivity index (χ0v) is 7.38. The van der Waals surface area contributed by atoms with Crippen LogP contribution in [0.2, 0.25) is 0 Å². The van der Waals surface area contributed by atoms with Crippen molar-refractivity contribution in [2.24, 2.45) is 0 Å². The maximum atomic E-state index is 7.57. The summed E-state index contributed by atoms with van der Waals surface area (Å²) >= 11 is 4.08. The first kappa shape index (κ1) is 10.3. The van der Waals surface area contributed by atoms with Gasteiger partial charge in [0.05, 0.1) is 0 Å². The van der Waals surface area contributed by atoms with Gasteiger partial charge < -0.3 is 10.8 Å². The van der Waals surface area contributed by atoms with E-state index in [2.05, 4.69) is 12.6 Å². The van der Waals surface area contributed by atoms with E-state index in [0.29, 0.717) is 0 Å². The molecule has 0 radical (unpaired) electrons. The van der Waals surface area contributed by atoms with Gasteiger partial charge in [0.2, 0.25) is 0 Å². The molecule has 0 bridgehead atoms. The van der Waals surface area contributed by atoms with Crippen molar-refractivity contribution in [1.29, 1.82) is 0 Å². The van der Waals surface area contributed by atoms with Crippen LogP contribution in [-0.4, -0.2) is 11.7 Å². The Balaban J connectivity index is 0.000000292. The molecule has 62 valence electrons. The topological polar surface area (TPSA) is 46.2 Å². The second-order valence-corrected chi connectivity index (χ2v) is 2.42. The van der Waals surface area contributed by atoms with E-state index in [1.807, 2.05) is 24.3 Å². The highest BCUT2D eigenvalue weighted by Gasteiger charge is 1.81. The Labute approximate surface area is 72.5 Å². The molecular formula is C8H13NOS. The molecule has 3 heteroatoms. The molecule has 0 heterocycles. The van der Waals surface area contributed by atoms with Crippen molar-refractivity contribution in [2.45, 2.75) is 11.8 Å². The molecule has 11 heavy (non-hydrogen) atoms. The largest absolute Gasteiger partial charge is 0.399 e. The third kappa shape index (κ3) is 5.76. The van der Waals surface area contributed by atoms with Crippen molar-refractivity contribution in [3.05, 3.63) is 24.3 Å². The highest BCUT2D eigenvalue weighted by molar-refractivity contribution is 7.80. The molecule has 0 spiro atoms. The molecule has 1 aromatic carbocycles. The van der Waals surface area contributed by atoms with Crippen molar-refractivity contribution in [3.8, 4) is 0 Å². The van der Waals surface area contributed by atoms with Gasteiger partial charge in [-0.15, -0.1) is 12.6 Å². The summed E-state index contributed by atoms with van der Waals surface area (Å²) in [6.07, 6.45) is 0. The van der Waals surface area contributed by atoms with Gasteiger partial charge in [0.1, 0.15) is 0 Å². The molecule has 0 aliphatic heterocycles. The van der Waals surface area contributed by atoms with Gasteiger partial charge in [-0.05, 0) is 31.2 Å². The standard InChI is InChI=1S/C6H7NS.C2H6O/c7-5-1-3-6(8)4-2-5;1-2-3/h1-4,8H,7H2;3H,2H2,1H3. The Bertz CT molecular complexity index is 165. The Kier molecular flexibility index (Phi) is 5.70. The number of benzene rings is 1. The van der Waals surface area contributed by atoms with E-state index >= 15 is 0 Å². The molecule has 0 fully saturated rings. The van der Waals surface area contributed by atoms with Crippen LogP contribution in [0.15, 0.2) is 29.2 Å². The zero-order chi connectivity index (χ0) is 8.69. The summed E-state index contributed by atoms with van der Waals surface area (Å²) in [7, 11) is 0. The van der Waals surface area contributed by atoms with Crippen LogP contribution in [0, 0.1) is 0 Å². The van der Waals surface area contributed by atoms with Crippen LogP contribution in [0.4, 0.5) is 5.69 Å². The van der Waals surface area contributed by atoms with Crippen LogP contribution >= 0.6 is 12.6 Å². The van der Waals surface area contributed by atoms with Gasteiger partial charge in [-0.25, -0.2) is 0 Å². The molecule has 2 nitrogen and oxygen atoms in total. The number of anilines is 1. The van der Waals surface area contributed by atoms with Gasteiger partial charge in [-0.2, -0.15) is 0 Å². The molecule has 3 N–H and O–H groups in total. The van der Waals surface area contributed by atoms with Gasteiger partial charge in [-0.1, -0.05) is 0 Å². The predicted molar refractivity (Wildman–Crippen MR) is 50.9 cm³/mol. The molecule has 0 unspecified atom stereocenters. The minimum atomic E-state index is 0.250. The fourth-order valence-electron chi connectivity index (χ4n) is 0.474. The van der Waals surface area contributed by atoms with Crippen LogP contribution in [0.1, 0.15) is 6.92 Å². The molecule has 0 aliphatic rings. The molecule has 0 aromatic heterocycles. The molecule has 0 atom stereocenters. The Morgan fingerprint density at radius 1 is 1.36 bits per heavy atom. The van der Waals surface area contributed by atoms with Crippen LogP contribution in [-0.2, 0) is 0 Å². The second-order valence-electron chi connectivity index (χ2n) is 1.91. The van der Waals surface area contributed by atoms with Crippen LogP contribution in [0.5, 0.6) is 0 Å².